The molecule has 1 saturated carbocycles. The third kappa shape index (κ3) is 4.19. The van der Waals surface area contributed by atoms with E-state index in [1.54, 1.807) is 28.1 Å². The lowest BCUT2D eigenvalue weighted by molar-refractivity contribution is -0.121. The number of nitrogens with zero attached hydrogens (tertiary/aromatic N) is 5. The average Bonchev–Trinajstić information content (AvgIpc) is 3.16. The van der Waals surface area contributed by atoms with E-state index < -0.39 is 0 Å². The number of nitrogens with one attached hydrogen (secondary N) is 2. The van der Waals surface area contributed by atoms with Crippen LogP contribution in [-0.4, -0.2) is 61.0 Å². The summed E-state index contributed by atoms with van der Waals surface area (Å²) in [5, 5.41) is 12.8. The zero-order chi connectivity index (χ0) is 22.3. The number of rotatable bonds is 6. The SMILES string of the molecule is CCC(=O)NC1CCN(C(=O)c2cc(NC3(C)CC3)nc(-c3cnn4ccsc34)n2)CC1. The van der Waals surface area contributed by atoms with Gasteiger partial charge in [0.25, 0.3) is 5.91 Å². The molecule has 1 saturated heterocycles. The second-order valence-corrected chi connectivity index (χ2v) is 9.74. The number of amides is 2. The number of piperidine rings is 1. The minimum atomic E-state index is -0.104. The molecule has 2 amide bonds. The van der Waals surface area contributed by atoms with E-state index in [0.717, 1.165) is 36.1 Å². The molecule has 4 heterocycles. The highest BCUT2D eigenvalue weighted by Crippen LogP contribution is 2.38. The van der Waals surface area contributed by atoms with E-state index in [-0.39, 0.29) is 23.4 Å². The minimum absolute atomic E-state index is 0.0268. The van der Waals surface area contributed by atoms with Crippen molar-refractivity contribution in [3.63, 3.8) is 0 Å². The van der Waals surface area contributed by atoms with E-state index in [1.165, 1.54) is 0 Å². The maximum Gasteiger partial charge on any atom is 0.272 e. The number of thiazole rings is 1. The summed E-state index contributed by atoms with van der Waals surface area (Å²) in [6.07, 6.45) is 7.77. The third-order valence-corrected chi connectivity index (χ3v) is 7.10. The Morgan fingerprint density at radius 1 is 1.25 bits per heavy atom. The molecule has 3 aromatic heterocycles. The number of carbonyl (C=O) groups is 2. The lowest BCUT2D eigenvalue weighted by Crippen LogP contribution is -2.46. The number of fused-ring (bicyclic) bond motifs is 1. The van der Waals surface area contributed by atoms with Crippen LogP contribution in [0, 0.1) is 0 Å². The van der Waals surface area contributed by atoms with Crippen LogP contribution in [0.15, 0.2) is 23.8 Å². The average molecular weight is 454 g/mol. The first kappa shape index (κ1) is 20.9. The topological polar surface area (TPSA) is 105 Å². The minimum Gasteiger partial charge on any atom is -0.365 e. The van der Waals surface area contributed by atoms with Crippen LogP contribution < -0.4 is 10.6 Å². The summed E-state index contributed by atoms with van der Waals surface area (Å²) < 4.78 is 1.79. The van der Waals surface area contributed by atoms with Crippen molar-refractivity contribution in [2.24, 2.45) is 0 Å². The van der Waals surface area contributed by atoms with Crippen LogP contribution in [0.5, 0.6) is 0 Å². The fourth-order valence-corrected chi connectivity index (χ4v) is 4.75. The van der Waals surface area contributed by atoms with Gasteiger partial charge in [-0.1, -0.05) is 6.92 Å². The van der Waals surface area contributed by atoms with Crippen molar-refractivity contribution in [1.29, 1.82) is 0 Å². The van der Waals surface area contributed by atoms with Crippen molar-refractivity contribution in [1.82, 2.24) is 29.8 Å². The summed E-state index contributed by atoms with van der Waals surface area (Å²) in [4.78, 5) is 37.2. The maximum atomic E-state index is 13.4. The molecule has 1 aliphatic heterocycles. The number of aromatic nitrogens is 4. The van der Waals surface area contributed by atoms with E-state index in [4.69, 9.17) is 4.98 Å². The van der Waals surface area contributed by atoms with Gasteiger partial charge in [0, 0.05) is 48.7 Å². The number of carbonyl (C=O) groups excluding carboxylic acids is 2. The number of anilines is 1. The maximum absolute atomic E-state index is 13.4. The molecule has 9 nitrogen and oxygen atoms in total. The predicted molar refractivity (Wildman–Crippen MR) is 123 cm³/mol. The van der Waals surface area contributed by atoms with Crippen LogP contribution in [0.2, 0.25) is 0 Å². The van der Waals surface area contributed by atoms with Crippen molar-refractivity contribution < 1.29 is 9.59 Å². The van der Waals surface area contributed by atoms with Gasteiger partial charge in [-0.2, -0.15) is 5.10 Å². The van der Waals surface area contributed by atoms with Crippen LogP contribution in [0.3, 0.4) is 0 Å². The molecule has 0 aromatic carbocycles. The smallest absolute Gasteiger partial charge is 0.272 e. The van der Waals surface area contributed by atoms with Gasteiger partial charge in [0.1, 0.15) is 16.3 Å². The molecule has 0 unspecified atom stereocenters. The van der Waals surface area contributed by atoms with Crippen molar-refractivity contribution in [2.45, 2.75) is 57.5 Å². The first-order valence-corrected chi connectivity index (χ1v) is 12.0. The molecule has 5 rings (SSSR count). The number of hydrogen-bond acceptors (Lipinski definition) is 7. The van der Waals surface area contributed by atoms with Gasteiger partial charge in [-0.25, -0.2) is 14.5 Å². The Morgan fingerprint density at radius 3 is 2.75 bits per heavy atom. The monoisotopic (exact) mass is 453 g/mol. The molecule has 3 aromatic rings. The molecule has 0 atom stereocenters. The highest BCUT2D eigenvalue weighted by atomic mass is 32.1. The highest BCUT2D eigenvalue weighted by molar-refractivity contribution is 7.16. The Kier molecular flexibility index (Phi) is 5.32. The van der Waals surface area contributed by atoms with E-state index in [9.17, 15) is 9.59 Å². The number of hydrogen-bond donors (Lipinski definition) is 2. The molecule has 0 bridgehead atoms. The number of likely N-dealkylation sites (tertiary alicyclic amines) is 1. The first-order valence-electron chi connectivity index (χ1n) is 11.1. The van der Waals surface area contributed by atoms with Crippen LogP contribution in [-0.2, 0) is 4.79 Å². The van der Waals surface area contributed by atoms with Crippen molar-refractivity contribution in [2.75, 3.05) is 18.4 Å². The van der Waals surface area contributed by atoms with E-state index >= 15 is 0 Å². The van der Waals surface area contributed by atoms with Gasteiger partial charge >= 0.3 is 0 Å². The molecule has 10 heteroatoms. The quantitative estimate of drug-likeness (QED) is 0.595. The van der Waals surface area contributed by atoms with Crippen LogP contribution in [0.4, 0.5) is 5.82 Å². The normalized spacial score (nSPS) is 18.0. The largest absolute Gasteiger partial charge is 0.365 e. The Morgan fingerprint density at radius 2 is 2.03 bits per heavy atom. The van der Waals surface area contributed by atoms with Crippen molar-refractivity contribution in [3.05, 3.63) is 29.5 Å². The molecule has 0 spiro atoms. The Balaban J connectivity index is 1.40. The molecule has 2 fully saturated rings. The lowest BCUT2D eigenvalue weighted by Gasteiger charge is -2.32. The molecular weight excluding hydrogens is 426 g/mol. The second kappa shape index (κ2) is 8.16. The summed E-state index contributed by atoms with van der Waals surface area (Å²) in [5.74, 6) is 1.12. The first-order chi connectivity index (χ1) is 15.4. The second-order valence-electron chi connectivity index (χ2n) is 8.85. The van der Waals surface area contributed by atoms with Gasteiger partial charge in [-0.05, 0) is 32.6 Å². The highest BCUT2D eigenvalue weighted by Gasteiger charge is 2.38. The molecule has 2 N–H and O–H groups in total. The zero-order valence-electron chi connectivity index (χ0n) is 18.3. The van der Waals surface area contributed by atoms with E-state index in [0.29, 0.717) is 36.8 Å². The summed E-state index contributed by atoms with van der Waals surface area (Å²) in [6.45, 7) is 5.19. The predicted octanol–water partition coefficient (Wildman–Crippen LogP) is 2.95. The van der Waals surface area contributed by atoms with Gasteiger partial charge in [0.05, 0.1) is 11.8 Å². The third-order valence-electron chi connectivity index (χ3n) is 6.22. The van der Waals surface area contributed by atoms with Crippen LogP contribution in [0.25, 0.3) is 16.2 Å². The lowest BCUT2D eigenvalue weighted by atomic mass is 10.0. The van der Waals surface area contributed by atoms with Gasteiger partial charge in [0.2, 0.25) is 5.91 Å². The van der Waals surface area contributed by atoms with Crippen molar-refractivity contribution in [3.8, 4) is 11.4 Å². The van der Waals surface area contributed by atoms with Gasteiger partial charge in [0.15, 0.2) is 5.82 Å². The molecule has 2 aliphatic rings. The molecule has 32 heavy (non-hydrogen) atoms. The summed E-state index contributed by atoms with van der Waals surface area (Å²) in [5.41, 5.74) is 1.23. The Labute approximate surface area is 190 Å². The Hall–Kier alpha value is -3.01. The van der Waals surface area contributed by atoms with Crippen LogP contribution in [0.1, 0.15) is 56.4 Å². The molecule has 168 valence electrons. The van der Waals surface area contributed by atoms with Crippen molar-refractivity contribution >= 4 is 33.8 Å². The standard InChI is InChI=1S/C22H27N7O2S/c1-3-18(30)24-14-4-8-28(9-5-14)20(31)16-12-17(27-22(2)6-7-22)26-19(25-16)15-13-23-29-10-11-32-21(15)29/h10-14H,3-9H2,1-2H3,(H,24,30)(H,25,26,27). The zero-order valence-corrected chi connectivity index (χ0v) is 19.1. The van der Waals surface area contributed by atoms with Gasteiger partial charge in [-0.15, -0.1) is 11.3 Å². The van der Waals surface area contributed by atoms with Gasteiger partial charge in [-0.3, -0.25) is 9.59 Å². The summed E-state index contributed by atoms with van der Waals surface area (Å²) in [7, 11) is 0. The summed E-state index contributed by atoms with van der Waals surface area (Å²) in [6, 6.07) is 1.88. The van der Waals surface area contributed by atoms with E-state index in [1.807, 2.05) is 23.4 Å². The summed E-state index contributed by atoms with van der Waals surface area (Å²) >= 11 is 1.57. The van der Waals surface area contributed by atoms with E-state index in [2.05, 4.69) is 27.6 Å². The van der Waals surface area contributed by atoms with Crippen LogP contribution >= 0.6 is 11.3 Å². The molecule has 0 radical (unpaired) electrons. The molecule has 1 aliphatic carbocycles. The van der Waals surface area contributed by atoms with Gasteiger partial charge < -0.3 is 15.5 Å². The fraction of sp³-hybridized carbons (Fsp3) is 0.500. The Bertz CT molecular complexity index is 1160. The molecular formula is C22H27N7O2S. The fourth-order valence-electron chi connectivity index (χ4n) is 3.96.